The second kappa shape index (κ2) is 12.1. The summed E-state index contributed by atoms with van der Waals surface area (Å²) in [6, 6.07) is 6.66. The molecule has 0 spiro atoms. The Bertz CT molecular complexity index is 1410. The second-order valence-corrected chi connectivity index (χ2v) is 10.7. The lowest BCUT2D eigenvalue weighted by Gasteiger charge is -2.25. The van der Waals surface area contributed by atoms with Gasteiger partial charge in [0.15, 0.2) is 0 Å². The highest BCUT2D eigenvalue weighted by Gasteiger charge is 2.24. The van der Waals surface area contributed by atoms with Gasteiger partial charge in [0.1, 0.15) is 41.0 Å². The van der Waals surface area contributed by atoms with Gasteiger partial charge in [0.2, 0.25) is 0 Å². The molecule has 0 saturated carbocycles. The maximum atomic E-state index is 13.7. The van der Waals surface area contributed by atoms with Crippen molar-refractivity contribution >= 4 is 40.2 Å². The molecule has 38 heavy (non-hydrogen) atoms. The number of anilines is 2. The van der Waals surface area contributed by atoms with Crippen molar-refractivity contribution in [2.75, 3.05) is 17.6 Å². The number of nitrogens with zero attached hydrogens (tertiary/aromatic N) is 5. The number of nitrogen functional groups attached to an aromatic ring is 1. The molecule has 0 bridgehead atoms. The normalized spacial score (nSPS) is 12.3. The molecule has 0 fully saturated rings. The molecule has 11 nitrogen and oxygen atoms in total. The Hall–Kier alpha value is -3.91. The van der Waals surface area contributed by atoms with E-state index in [9.17, 15) is 14.9 Å². The molecule has 0 unspecified atom stereocenters. The lowest BCUT2D eigenvalue weighted by molar-refractivity contribution is 0.0526. The third-order valence-corrected chi connectivity index (χ3v) is 5.82. The molecule has 1 amide bonds. The fraction of sp³-hybridized carbons (Fsp3) is 0.462. The maximum absolute atomic E-state index is 13.7. The molecule has 1 atom stereocenters. The molecule has 0 saturated heterocycles. The summed E-state index contributed by atoms with van der Waals surface area (Å²) in [5.74, 6) is 0.963. The van der Waals surface area contributed by atoms with Gasteiger partial charge in [0, 0.05) is 13.1 Å². The van der Waals surface area contributed by atoms with Crippen molar-refractivity contribution < 1.29 is 9.53 Å². The van der Waals surface area contributed by atoms with Crippen molar-refractivity contribution in [3.05, 3.63) is 51.3 Å². The van der Waals surface area contributed by atoms with Crippen LogP contribution in [0.15, 0.2) is 29.3 Å². The zero-order chi connectivity index (χ0) is 28.0. The summed E-state index contributed by atoms with van der Waals surface area (Å²) in [6.45, 7) is 9.98. The molecular weight excluding hydrogens is 508 g/mol. The molecular formula is C26H33ClN8O3. The van der Waals surface area contributed by atoms with Crippen LogP contribution in [-0.2, 0) is 11.3 Å². The second-order valence-electron chi connectivity index (χ2n) is 10.3. The highest BCUT2D eigenvalue weighted by Crippen LogP contribution is 2.28. The van der Waals surface area contributed by atoms with E-state index in [2.05, 4.69) is 20.6 Å². The zero-order valence-corrected chi connectivity index (χ0v) is 23.0. The number of nitriles is 1. The molecule has 0 radical (unpaired) electrons. The molecule has 1 aromatic carbocycles. The number of amides is 1. The highest BCUT2D eigenvalue weighted by atomic mass is 35.5. The van der Waals surface area contributed by atoms with Crippen LogP contribution < -0.4 is 21.9 Å². The van der Waals surface area contributed by atoms with Crippen LogP contribution >= 0.6 is 11.6 Å². The quantitative estimate of drug-likeness (QED) is 0.334. The van der Waals surface area contributed by atoms with Crippen LogP contribution in [0, 0.1) is 17.2 Å². The monoisotopic (exact) mass is 540 g/mol. The number of carbonyl (C=O) groups is 1. The standard InChI is InChI=1S/C26H33ClN8O3/c1-15(2)12-19(33-22-16(13-28)21(29)31-14-32-22)23-34-18-9-6-8-17(27)20(18)24(36)35(23)11-7-10-30-25(37)38-26(3,4)5/h6,8-9,14-15,19H,7,10-12H2,1-5H3,(H,30,37)(H3,29,31,32,33)/t19-/m0/s1. The molecule has 3 rings (SSSR count). The first-order chi connectivity index (χ1) is 17.9. The smallest absolute Gasteiger partial charge is 0.407 e. The van der Waals surface area contributed by atoms with E-state index in [1.165, 1.54) is 6.33 Å². The highest BCUT2D eigenvalue weighted by molar-refractivity contribution is 6.35. The minimum atomic E-state index is -0.615. The molecule has 0 aliphatic rings. The van der Waals surface area contributed by atoms with Crippen molar-refractivity contribution in [2.45, 2.75) is 65.6 Å². The molecule has 12 heteroatoms. The van der Waals surface area contributed by atoms with Crippen LogP contribution in [0.4, 0.5) is 16.4 Å². The summed E-state index contributed by atoms with van der Waals surface area (Å²) in [4.78, 5) is 38.7. The number of nitrogens with one attached hydrogen (secondary N) is 2. The third kappa shape index (κ3) is 7.10. The number of hydrogen-bond acceptors (Lipinski definition) is 9. The Morgan fingerprint density at radius 2 is 2.03 bits per heavy atom. The third-order valence-electron chi connectivity index (χ3n) is 5.51. The van der Waals surface area contributed by atoms with Crippen LogP contribution in [0.25, 0.3) is 10.9 Å². The van der Waals surface area contributed by atoms with Gasteiger partial charge in [-0.2, -0.15) is 5.26 Å². The van der Waals surface area contributed by atoms with Crippen molar-refractivity contribution in [1.82, 2.24) is 24.8 Å². The van der Waals surface area contributed by atoms with E-state index in [1.807, 2.05) is 19.9 Å². The number of ether oxygens (including phenoxy) is 1. The SMILES string of the molecule is CC(C)C[C@H](Nc1ncnc(N)c1C#N)c1nc2cccc(Cl)c2c(=O)n1CCCNC(=O)OC(C)(C)C. The van der Waals surface area contributed by atoms with Crippen LogP contribution in [-0.4, -0.2) is 37.8 Å². The van der Waals surface area contributed by atoms with Gasteiger partial charge in [0.05, 0.1) is 22.0 Å². The number of benzene rings is 1. The average molecular weight is 541 g/mol. The van der Waals surface area contributed by atoms with Crippen molar-refractivity contribution in [2.24, 2.45) is 5.92 Å². The summed E-state index contributed by atoms with van der Waals surface area (Å²) in [5.41, 5.74) is 5.55. The summed E-state index contributed by atoms with van der Waals surface area (Å²) in [7, 11) is 0. The minimum absolute atomic E-state index is 0.0529. The van der Waals surface area contributed by atoms with Gasteiger partial charge in [-0.15, -0.1) is 0 Å². The van der Waals surface area contributed by atoms with Crippen molar-refractivity contribution in [3.8, 4) is 6.07 Å². The number of aromatic nitrogens is 4. The van der Waals surface area contributed by atoms with Crippen LogP contribution in [0.1, 0.15) is 64.9 Å². The van der Waals surface area contributed by atoms with E-state index >= 15 is 0 Å². The van der Waals surface area contributed by atoms with Crippen LogP contribution in [0.5, 0.6) is 0 Å². The van der Waals surface area contributed by atoms with Gasteiger partial charge in [-0.3, -0.25) is 9.36 Å². The Morgan fingerprint density at radius 3 is 2.68 bits per heavy atom. The number of fused-ring (bicyclic) bond motifs is 1. The lowest BCUT2D eigenvalue weighted by atomic mass is 10.0. The molecule has 3 aromatic rings. The predicted molar refractivity (Wildman–Crippen MR) is 147 cm³/mol. The molecule has 0 aliphatic carbocycles. The van der Waals surface area contributed by atoms with Gasteiger partial charge in [-0.25, -0.2) is 19.7 Å². The first kappa shape index (κ1) is 28.7. The summed E-state index contributed by atoms with van der Waals surface area (Å²) in [6.07, 6.45) is 1.74. The first-order valence-electron chi connectivity index (χ1n) is 12.3. The van der Waals surface area contributed by atoms with Gasteiger partial charge in [0.25, 0.3) is 5.56 Å². The Kier molecular flexibility index (Phi) is 9.12. The van der Waals surface area contributed by atoms with Crippen LogP contribution in [0.3, 0.4) is 0 Å². The first-order valence-corrected chi connectivity index (χ1v) is 12.7. The lowest BCUT2D eigenvalue weighted by Crippen LogP contribution is -2.34. The number of carbonyl (C=O) groups excluding carboxylic acids is 1. The molecule has 4 N–H and O–H groups in total. The number of hydrogen-bond donors (Lipinski definition) is 3. The van der Waals surface area contributed by atoms with Crippen molar-refractivity contribution in [1.29, 1.82) is 5.26 Å². The number of alkyl carbamates (subject to hydrolysis) is 1. The molecule has 2 heterocycles. The molecule has 2 aromatic heterocycles. The van der Waals surface area contributed by atoms with Gasteiger partial charge < -0.3 is 21.1 Å². The van der Waals surface area contributed by atoms with Gasteiger partial charge in [-0.05, 0) is 51.7 Å². The van der Waals surface area contributed by atoms with E-state index in [1.54, 1.807) is 43.5 Å². The van der Waals surface area contributed by atoms with E-state index in [4.69, 9.17) is 27.1 Å². The molecule has 0 aliphatic heterocycles. The summed E-state index contributed by atoms with van der Waals surface area (Å²) in [5, 5.41) is 16.2. The van der Waals surface area contributed by atoms with E-state index in [-0.39, 0.29) is 41.8 Å². The minimum Gasteiger partial charge on any atom is -0.444 e. The fourth-order valence-corrected chi connectivity index (χ4v) is 4.20. The van der Waals surface area contributed by atoms with E-state index in [0.29, 0.717) is 34.6 Å². The molecule has 202 valence electrons. The summed E-state index contributed by atoms with van der Waals surface area (Å²) >= 11 is 6.39. The maximum Gasteiger partial charge on any atom is 0.407 e. The van der Waals surface area contributed by atoms with Crippen molar-refractivity contribution in [3.63, 3.8) is 0 Å². The Morgan fingerprint density at radius 1 is 1.29 bits per heavy atom. The zero-order valence-electron chi connectivity index (χ0n) is 22.2. The Labute approximate surface area is 226 Å². The van der Waals surface area contributed by atoms with Gasteiger partial charge in [-0.1, -0.05) is 31.5 Å². The van der Waals surface area contributed by atoms with Crippen LogP contribution in [0.2, 0.25) is 5.02 Å². The predicted octanol–water partition coefficient (Wildman–Crippen LogP) is 4.41. The number of nitrogens with two attached hydrogens (primary N) is 1. The van der Waals surface area contributed by atoms with E-state index < -0.39 is 17.7 Å². The average Bonchev–Trinajstić information content (AvgIpc) is 2.81. The number of halogens is 1. The topological polar surface area (TPSA) is 161 Å². The number of rotatable bonds is 9. The largest absolute Gasteiger partial charge is 0.444 e. The Balaban J connectivity index is 2.02. The van der Waals surface area contributed by atoms with Gasteiger partial charge >= 0.3 is 6.09 Å². The fourth-order valence-electron chi connectivity index (χ4n) is 3.95. The van der Waals surface area contributed by atoms with E-state index in [0.717, 1.165) is 0 Å². The summed E-state index contributed by atoms with van der Waals surface area (Å²) < 4.78 is 6.84.